The van der Waals surface area contributed by atoms with Crippen molar-refractivity contribution >= 4 is 34.8 Å². The summed E-state index contributed by atoms with van der Waals surface area (Å²) in [4.78, 5) is 37.7. The van der Waals surface area contributed by atoms with Crippen LogP contribution in [0.4, 0.5) is 15.8 Å². The molecule has 0 unspecified atom stereocenters. The van der Waals surface area contributed by atoms with Gasteiger partial charge in [0.1, 0.15) is 16.4 Å². The van der Waals surface area contributed by atoms with Crippen LogP contribution in [0.2, 0.25) is 0 Å². The minimum Gasteiger partial charge on any atom is -0.274 e. The maximum Gasteiger partial charge on any atom is 0.296 e. The highest BCUT2D eigenvalue weighted by atomic mass is 35.5. The number of imide groups is 1. The van der Waals surface area contributed by atoms with E-state index >= 15 is 0 Å². The van der Waals surface area contributed by atoms with E-state index in [4.69, 9.17) is 11.6 Å². The van der Waals surface area contributed by atoms with Crippen LogP contribution in [0, 0.1) is 27.8 Å². The summed E-state index contributed by atoms with van der Waals surface area (Å²) < 4.78 is 13.7. The number of halogens is 2. The lowest BCUT2D eigenvalue weighted by Crippen LogP contribution is -2.50. The second-order valence-corrected chi connectivity index (χ2v) is 8.87. The normalized spacial score (nSPS) is 27.2. The SMILES string of the molecule is O=C1[C@@H]2C3c4ccccc4C(Cl)(c4ccccc43)[C@H]2C(=O)N1c1ccc(F)cc1[N+](=O)[O-]. The van der Waals surface area contributed by atoms with Crippen LogP contribution in [0.15, 0.2) is 66.7 Å². The molecule has 1 saturated heterocycles. The van der Waals surface area contributed by atoms with Crippen LogP contribution in [0.5, 0.6) is 0 Å². The minimum atomic E-state index is -1.29. The van der Waals surface area contributed by atoms with Crippen LogP contribution in [0.25, 0.3) is 0 Å². The number of hydrogen-bond donors (Lipinski definition) is 0. The molecule has 0 N–H and O–H groups in total. The molecule has 158 valence electrons. The van der Waals surface area contributed by atoms with Gasteiger partial charge in [-0.25, -0.2) is 9.29 Å². The second kappa shape index (κ2) is 6.23. The van der Waals surface area contributed by atoms with E-state index in [0.29, 0.717) is 6.07 Å². The van der Waals surface area contributed by atoms with Gasteiger partial charge in [-0.3, -0.25) is 19.7 Å². The molecule has 0 saturated carbocycles. The van der Waals surface area contributed by atoms with Crippen molar-refractivity contribution in [1.82, 2.24) is 0 Å². The summed E-state index contributed by atoms with van der Waals surface area (Å²) in [5, 5.41) is 11.6. The van der Waals surface area contributed by atoms with E-state index in [1.165, 1.54) is 0 Å². The van der Waals surface area contributed by atoms with Crippen molar-refractivity contribution in [3.8, 4) is 0 Å². The Morgan fingerprint density at radius 3 is 2.12 bits per heavy atom. The summed E-state index contributed by atoms with van der Waals surface area (Å²) in [7, 11) is 0. The summed E-state index contributed by atoms with van der Waals surface area (Å²) in [5.41, 5.74) is 2.40. The van der Waals surface area contributed by atoms with Crippen LogP contribution in [-0.4, -0.2) is 16.7 Å². The van der Waals surface area contributed by atoms with Gasteiger partial charge in [0.15, 0.2) is 0 Å². The third-order valence-electron chi connectivity index (χ3n) is 6.89. The first-order valence-corrected chi connectivity index (χ1v) is 10.4. The smallest absolute Gasteiger partial charge is 0.274 e. The molecule has 1 aliphatic heterocycles. The van der Waals surface area contributed by atoms with Crippen molar-refractivity contribution in [3.63, 3.8) is 0 Å². The monoisotopic (exact) mass is 448 g/mol. The number of nitrogens with zero attached hydrogens (tertiary/aromatic N) is 2. The average Bonchev–Trinajstić information content (AvgIpc) is 3.06. The van der Waals surface area contributed by atoms with Crippen LogP contribution in [0.1, 0.15) is 28.2 Å². The van der Waals surface area contributed by atoms with Gasteiger partial charge in [-0.05, 0) is 34.4 Å². The number of amides is 2. The highest BCUT2D eigenvalue weighted by molar-refractivity contribution is 6.33. The quantitative estimate of drug-likeness (QED) is 0.250. The maximum atomic E-state index is 13.7. The molecule has 0 aromatic heterocycles. The first-order valence-electron chi connectivity index (χ1n) is 10.0. The molecule has 0 radical (unpaired) electrons. The Kier molecular flexibility index (Phi) is 3.73. The van der Waals surface area contributed by atoms with Crippen LogP contribution in [0.3, 0.4) is 0 Å². The topological polar surface area (TPSA) is 80.5 Å². The Morgan fingerprint density at radius 1 is 0.938 bits per heavy atom. The molecule has 6 nitrogen and oxygen atoms in total. The number of carbonyl (C=O) groups is 2. The first kappa shape index (κ1) is 19.1. The molecule has 3 aromatic rings. The fraction of sp³-hybridized carbons (Fsp3) is 0.167. The van der Waals surface area contributed by atoms with Gasteiger partial charge in [0.05, 0.1) is 22.8 Å². The molecule has 2 bridgehead atoms. The Morgan fingerprint density at radius 2 is 1.53 bits per heavy atom. The van der Waals surface area contributed by atoms with Crippen LogP contribution in [-0.2, 0) is 14.5 Å². The third kappa shape index (κ3) is 2.14. The van der Waals surface area contributed by atoms with Crippen molar-refractivity contribution in [2.75, 3.05) is 4.90 Å². The molecule has 3 aromatic carbocycles. The molecule has 2 amide bonds. The van der Waals surface area contributed by atoms with Gasteiger partial charge in [-0.2, -0.15) is 0 Å². The van der Waals surface area contributed by atoms with E-state index in [0.717, 1.165) is 39.3 Å². The zero-order valence-electron chi connectivity index (χ0n) is 16.4. The Hall–Kier alpha value is -3.58. The lowest BCUT2D eigenvalue weighted by atomic mass is 9.54. The number of rotatable bonds is 2. The fourth-order valence-corrected chi connectivity index (χ4v) is 6.32. The summed E-state index contributed by atoms with van der Waals surface area (Å²) in [5.74, 6) is -4.15. The van der Waals surface area contributed by atoms with E-state index in [2.05, 4.69) is 0 Å². The predicted molar refractivity (Wildman–Crippen MR) is 114 cm³/mol. The molecule has 7 rings (SSSR count). The van der Waals surface area contributed by atoms with Gasteiger partial charge in [-0.1, -0.05) is 48.5 Å². The lowest BCUT2D eigenvalue weighted by Gasteiger charge is -2.50. The number of nitro benzene ring substituents is 1. The van der Waals surface area contributed by atoms with Crippen molar-refractivity contribution < 1.29 is 18.9 Å². The van der Waals surface area contributed by atoms with Crippen LogP contribution < -0.4 is 4.90 Å². The number of carbonyl (C=O) groups excluding carboxylic acids is 2. The van der Waals surface area contributed by atoms with E-state index in [1.807, 2.05) is 48.5 Å². The molecular weight excluding hydrogens is 435 g/mol. The van der Waals surface area contributed by atoms with E-state index in [-0.39, 0.29) is 5.69 Å². The molecular formula is C24H14ClFN2O4. The number of nitro groups is 1. The fourth-order valence-electron chi connectivity index (χ4n) is 5.75. The highest BCUT2D eigenvalue weighted by Gasteiger charge is 2.68. The van der Waals surface area contributed by atoms with Crippen molar-refractivity contribution in [1.29, 1.82) is 0 Å². The van der Waals surface area contributed by atoms with Gasteiger partial charge >= 0.3 is 0 Å². The molecule has 0 spiro atoms. The second-order valence-electron chi connectivity index (χ2n) is 8.27. The van der Waals surface area contributed by atoms with Gasteiger partial charge in [0.25, 0.3) is 5.69 Å². The summed E-state index contributed by atoms with van der Waals surface area (Å²) >= 11 is 7.31. The molecule has 2 atom stereocenters. The standard InChI is InChI=1S/C24H14ClFN2O4/c25-24-15-7-3-1-5-13(15)19(14-6-2-4-8-16(14)24)20-21(24)23(30)27(22(20)29)17-10-9-12(26)11-18(17)28(31)32/h1-11,19-21H/t19?,20-,21-,24?/m1/s1. The molecule has 4 aliphatic rings. The molecule has 3 aliphatic carbocycles. The zero-order valence-corrected chi connectivity index (χ0v) is 17.1. The van der Waals surface area contributed by atoms with Gasteiger partial charge in [0, 0.05) is 5.92 Å². The number of hydrogen-bond acceptors (Lipinski definition) is 4. The molecule has 1 heterocycles. The Bertz CT molecular complexity index is 1330. The average molecular weight is 449 g/mol. The van der Waals surface area contributed by atoms with Crippen molar-refractivity contribution in [2.45, 2.75) is 10.8 Å². The van der Waals surface area contributed by atoms with Gasteiger partial charge in [0.2, 0.25) is 11.8 Å². The zero-order chi connectivity index (χ0) is 22.4. The number of benzene rings is 3. The maximum absolute atomic E-state index is 13.7. The Balaban J connectivity index is 1.61. The minimum absolute atomic E-state index is 0.242. The Labute approximate surface area is 186 Å². The summed E-state index contributed by atoms with van der Waals surface area (Å²) in [6.45, 7) is 0. The third-order valence-corrected chi connectivity index (χ3v) is 7.53. The first-order chi connectivity index (χ1) is 15.4. The lowest BCUT2D eigenvalue weighted by molar-refractivity contribution is -0.384. The van der Waals surface area contributed by atoms with Crippen molar-refractivity contribution in [2.24, 2.45) is 11.8 Å². The van der Waals surface area contributed by atoms with E-state index in [1.54, 1.807) is 0 Å². The van der Waals surface area contributed by atoms with E-state index < -0.39 is 50.9 Å². The number of anilines is 1. The summed E-state index contributed by atoms with van der Waals surface area (Å²) in [6.07, 6.45) is 0. The van der Waals surface area contributed by atoms with Crippen molar-refractivity contribution in [3.05, 3.63) is 105 Å². The molecule has 8 heteroatoms. The largest absolute Gasteiger partial charge is 0.296 e. The predicted octanol–water partition coefficient (Wildman–Crippen LogP) is 4.48. The highest BCUT2D eigenvalue weighted by Crippen LogP contribution is 2.66. The number of alkyl halides is 1. The molecule has 32 heavy (non-hydrogen) atoms. The van der Waals surface area contributed by atoms with Gasteiger partial charge in [-0.15, -0.1) is 11.6 Å². The summed E-state index contributed by atoms with van der Waals surface area (Å²) in [6, 6.07) is 17.8. The van der Waals surface area contributed by atoms with Crippen LogP contribution >= 0.6 is 11.6 Å². The molecule has 1 fully saturated rings. The van der Waals surface area contributed by atoms with Gasteiger partial charge < -0.3 is 0 Å². The van der Waals surface area contributed by atoms with E-state index in [9.17, 15) is 24.1 Å².